The minimum absolute atomic E-state index is 0.00155. The molecule has 0 saturated heterocycles. The maximum Gasteiger partial charge on any atom is 0.228 e. The van der Waals surface area contributed by atoms with E-state index >= 15 is 0 Å². The van der Waals surface area contributed by atoms with Crippen LogP contribution < -0.4 is 5.73 Å². The highest BCUT2D eigenvalue weighted by molar-refractivity contribution is 9.10. The molecular weight excluding hydrogens is 318 g/mol. The predicted molar refractivity (Wildman–Crippen MR) is 82.4 cm³/mol. The Kier molecular flexibility index (Phi) is 4.60. The normalized spacial score (nSPS) is 13.4. The lowest BCUT2D eigenvalue weighted by Crippen LogP contribution is -2.37. The van der Waals surface area contributed by atoms with E-state index < -0.39 is 0 Å². The molecule has 0 aliphatic rings. The van der Waals surface area contributed by atoms with Gasteiger partial charge < -0.3 is 10.3 Å². The lowest BCUT2D eigenvalue weighted by Gasteiger charge is -2.25. The first kappa shape index (κ1) is 15.2. The van der Waals surface area contributed by atoms with E-state index in [0.29, 0.717) is 24.6 Å². The molecule has 1 atom stereocenters. The Bertz CT molecular complexity index is 574. The summed E-state index contributed by atoms with van der Waals surface area (Å²) in [6.07, 6.45) is 1.27. The third kappa shape index (κ3) is 4.15. The summed E-state index contributed by atoms with van der Waals surface area (Å²) in [6, 6.07) is 8.09. The molecular formula is C15H20BrN3O. The summed E-state index contributed by atoms with van der Waals surface area (Å²) in [5, 5.41) is 4.02. The summed E-state index contributed by atoms with van der Waals surface area (Å²) < 4.78 is 6.33. The van der Waals surface area contributed by atoms with Crippen molar-refractivity contribution in [3.05, 3.63) is 46.0 Å². The summed E-state index contributed by atoms with van der Waals surface area (Å²) in [5.41, 5.74) is 7.30. The molecule has 1 aromatic heterocycles. The third-order valence-corrected chi connectivity index (χ3v) is 3.76. The number of halogens is 1. The lowest BCUT2D eigenvalue weighted by atomic mass is 9.85. The van der Waals surface area contributed by atoms with Gasteiger partial charge in [0.25, 0.3) is 0 Å². The van der Waals surface area contributed by atoms with Crippen molar-refractivity contribution in [2.24, 2.45) is 11.1 Å². The smallest absolute Gasteiger partial charge is 0.228 e. The molecule has 2 rings (SSSR count). The van der Waals surface area contributed by atoms with Crippen LogP contribution in [0.3, 0.4) is 0 Å². The van der Waals surface area contributed by atoms with Crippen LogP contribution in [-0.4, -0.2) is 16.2 Å². The second-order valence-corrected chi connectivity index (χ2v) is 7.00. The summed E-state index contributed by atoms with van der Waals surface area (Å²) >= 11 is 3.45. The molecule has 4 nitrogen and oxygen atoms in total. The van der Waals surface area contributed by atoms with Crippen molar-refractivity contribution in [1.82, 2.24) is 10.1 Å². The van der Waals surface area contributed by atoms with Gasteiger partial charge in [-0.05, 0) is 23.1 Å². The molecule has 0 aliphatic carbocycles. The van der Waals surface area contributed by atoms with Crippen molar-refractivity contribution in [2.75, 3.05) is 0 Å². The van der Waals surface area contributed by atoms with Crippen LogP contribution in [-0.2, 0) is 12.8 Å². The molecule has 0 saturated carbocycles. The maximum atomic E-state index is 6.13. The Balaban J connectivity index is 2.02. The van der Waals surface area contributed by atoms with E-state index in [9.17, 15) is 0 Å². The zero-order valence-electron chi connectivity index (χ0n) is 12.1. The average molecular weight is 338 g/mol. The monoisotopic (exact) mass is 337 g/mol. The highest BCUT2D eigenvalue weighted by Crippen LogP contribution is 2.20. The van der Waals surface area contributed by atoms with Gasteiger partial charge in [0.15, 0.2) is 5.82 Å². The van der Waals surface area contributed by atoms with Gasteiger partial charge in [0.05, 0.1) is 0 Å². The first-order valence-corrected chi connectivity index (χ1v) is 7.45. The first-order valence-electron chi connectivity index (χ1n) is 6.66. The van der Waals surface area contributed by atoms with Crippen molar-refractivity contribution in [3.63, 3.8) is 0 Å². The van der Waals surface area contributed by atoms with E-state index in [1.165, 1.54) is 0 Å². The van der Waals surface area contributed by atoms with Crippen molar-refractivity contribution in [2.45, 2.75) is 39.7 Å². The van der Waals surface area contributed by atoms with Crippen molar-refractivity contribution >= 4 is 15.9 Å². The predicted octanol–water partition coefficient (Wildman–Crippen LogP) is 3.34. The second kappa shape index (κ2) is 6.06. The second-order valence-electron chi connectivity index (χ2n) is 6.09. The molecule has 2 N–H and O–H groups in total. The van der Waals surface area contributed by atoms with Crippen LogP contribution in [0.5, 0.6) is 0 Å². The van der Waals surface area contributed by atoms with Crippen molar-refractivity contribution < 1.29 is 4.52 Å². The van der Waals surface area contributed by atoms with Crippen molar-refractivity contribution in [1.29, 1.82) is 0 Å². The molecule has 0 fully saturated rings. The molecule has 20 heavy (non-hydrogen) atoms. The van der Waals surface area contributed by atoms with Crippen LogP contribution >= 0.6 is 15.9 Å². The van der Waals surface area contributed by atoms with Gasteiger partial charge in [0.2, 0.25) is 5.89 Å². The molecule has 1 aromatic carbocycles. The molecule has 5 heteroatoms. The average Bonchev–Trinajstić information content (AvgIpc) is 2.75. The largest absolute Gasteiger partial charge is 0.339 e. The van der Waals surface area contributed by atoms with Crippen LogP contribution in [0.15, 0.2) is 33.3 Å². The molecule has 0 amide bonds. The molecule has 0 radical (unpaired) electrons. The molecule has 0 aliphatic heterocycles. The number of rotatable bonds is 4. The van der Waals surface area contributed by atoms with Crippen LogP contribution in [0.2, 0.25) is 0 Å². The zero-order chi connectivity index (χ0) is 14.8. The summed E-state index contributed by atoms with van der Waals surface area (Å²) in [7, 11) is 0. The minimum Gasteiger partial charge on any atom is -0.339 e. The number of nitrogens with zero attached hydrogens (tertiary/aromatic N) is 2. The van der Waals surface area contributed by atoms with E-state index in [2.05, 4.69) is 52.9 Å². The van der Waals surface area contributed by atoms with Gasteiger partial charge in [-0.3, -0.25) is 0 Å². The van der Waals surface area contributed by atoms with Gasteiger partial charge in [-0.2, -0.15) is 4.98 Å². The van der Waals surface area contributed by atoms with Crippen LogP contribution in [0.25, 0.3) is 0 Å². The van der Waals surface area contributed by atoms with Crippen molar-refractivity contribution in [3.8, 4) is 0 Å². The Hall–Kier alpha value is -1.20. The zero-order valence-corrected chi connectivity index (χ0v) is 13.6. The quantitative estimate of drug-likeness (QED) is 0.929. The van der Waals surface area contributed by atoms with Gasteiger partial charge in [-0.25, -0.2) is 0 Å². The number of hydrogen-bond donors (Lipinski definition) is 1. The van der Waals surface area contributed by atoms with Gasteiger partial charge in [0, 0.05) is 23.4 Å². The third-order valence-electron chi connectivity index (χ3n) is 3.27. The van der Waals surface area contributed by atoms with E-state index in [4.69, 9.17) is 10.3 Å². The van der Waals surface area contributed by atoms with E-state index in [1.54, 1.807) is 0 Å². The molecule has 0 bridgehead atoms. The lowest BCUT2D eigenvalue weighted by molar-refractivity contribution is 0.285. The molecule has 0 spiro atoms. The first-order chi connectivity index (χ1) is 9.34. The van der Waals surface area contributed by atoms with E-state index in [0.717, 1.165) is 10.0 Å². The number of nitrogens with two attached hydrogens (primary N) is 1. The van der Waals surface area contributed by atoms with E-state index in [-0.39, 0.29) is 11.5 Å². The fourth-order valence-electron chi connectivity index (χ4n) is 1.77. The number of aromatic nitrogens is 2. The Morgan fingerprint density at radius 1 is 1.35 bits per heavy atom. The van der Waals surface area contributed by atoms with Crippen LogP contribution in [0.4, 0.5) is 0 Å². The van der Waals surface area contributed by atoms with Gasteiger partial charge in [0.1, 0.15) is 0 Å². The summed E-state index contributed by atoms with van der Waals surface area (Å²) in [6.45, 7) is 6.32. The summed E-state index contributed by atoms with van der Waals surface area (Å²) in [4.78, 5) is 4.42. The van der Waals surface area contributed by atoms with Gasteiger partial charge in [-0.1, -0.05) is 54.0 Å². The fourth-order valence-corrected chi connectivity index (χ4v) is 2.22. The van der Waals surface area contributed by atoms with Crippen LogP contribution in [0.1, 0.15) is 38.0 Å². The van der Waals surface area contributed by atoms with Crippen LogP contribution in [0, 0.1) is 5.41 Å². The Morgan fingerprint density at radius 2 is 2.10 bits per heavy atom. The summed E-state index contributed by atoms with van der Waals surface area (Å²) in [5.74, 6) is 1.30. The van der Waals surface area contributed by atoms with Gasteiger partial charge in [-0.15, -0.1) is 0 Å². The number of benzene rings is 1. The van der Waals surface area contributed by atoms with Gasteiger partial charge >= 0.3 is 0 Å². The molecule has 108 valence electrons. The Morgan fingerprint density at radius 3 is 2.75 bits per heavy atom. The topological polar surface area (TPSA) is 64.9 Å². The highest BCUT2D eigenvalue weighted by Gasteiger charge is 2.23. The molecule has 2 aromatic rings. The maximum absolute atomic E-state index is 6.13. The fraction of sp³-hybridized carbons (Fsp3) is 0.467. The Labute approximate surface area is 127 Å². The highest BCUT2D eigenvalue weighted by atomic mass is 79.9. The standard InChI is InChI=1S/C15H20BrN3O/c1-15(2,3)12(17)9-14-18-13(19-20-14)8-10-5-4-6-11(16)7-10/h4-7,12H,8-9,17H2,1-3H3. The number of hydrogen-bond acceptors (Lipinski definition) is 4. The SMILES string of the molecule is CC(C)(C)C(N)Cc1nc(Cc2cccc(Br)c2)no1. The van der Waals surface area contributed by atoms with E-state index in [1.807, 2.05) is 18.2 Å². The molecule has 1 heterocycles. The minimum atomic E-state index is 0.00155. The molecule has 1 unspecified atom stereocenters.